The van der Waals surface area contributed by atoms with Crippen LogP contribution in [0.25, 0.3) is 0 Å². The Morgan fingerprint density at radius 2 is 1.89 bits per heavy atom. The fourth-order valence-corrected chi connectivity index (χ4v) is 1.65. The van der Waals surface area contributed by atoms with Crippen molar-refractivity contribution >= 4 is 45.2 Å². The van der Waals surface area contributed by atoms with Crippen molar-refractivity contribution in [2.75, 3.05) is 0 Å². The molecule has 0 heterocycles. The van der Waals surface area contributed by atoms with E-state index in [2.05, 4.69) is 29.0 Å². The third-order valence-corrected chi connectivity index (χ3v) is 2.53. The minimum Gasteiger partial charge on any atom is -0.293 e. The Bertz CT molecular complexity index is 116. The number of halogens is 1. The van der Waals surface area contributed by atoms with Crippen molar-refractivity contribution < 1.29 is 4.79 Å². The van der Waals surface area contributed by atoms with Crippen molar-refractivity contribution in [1.82, 2.24) is 10.2 Å². The van der Waals surface area contributed by atoms with E-state index >= 15 is 0 Å². The Hall–Kier alpha value is 1.14. The first-order valence-corrected chi connectivity index (χ1v) is 4.24. The first-order valence-electron chi connectivity index (χ1n) is 2.01. The molecule has 0 aromatic heterocycles. The van der Waals surface area contributed by atoms with E-state index in [0.717, 1.165) is 0 Å². The zero-order chi connectivity index (χ0) is 7.49. The van der Waals surface area contributed by atoms with Crippen LogP contribution in [0.2, 0.25) is 0 Å². The fraction of sp³-hybridized carbons (Fsp3) is 0.500. The van der Waals surface area contributed by atoms with E-state index in [1.54, 1.807) is 22.6 Å². The van der Waals surface area contributed by atoms with Crippen molar-refractivity contribution in [3.63, 3.8) is 0 Å². The van der Waals surface area contributed by atoms with E-state index in [-0.39, 0.29) is 3.79 Å². The molecule has 2 atom stereocenters. The molecule has 0 aromatic carbocycles. The number of rotatable bonds is 3. The number of hydrogen-bond donors (Lipinski definition) is 3. The second-order valence-corrected chi connectivity index (χ2v) is 2.93. The van der Waals surface area contributed by atoms with Crippen molar-refractivity contribution in [3.05, 3.63) is 0 Å². The van der Waals surface area contributed by atoms with Gasteiger partial charge in [0.05, 0.1) is 0 Å². The molecule has 0 fully saturated rings. The van der Waals surface area contributed by atoms with Gasteiger partial charge in [-0.3, -0.25) is 20.7 Å². The van der Waals surface area contributed by atoms with Crippen molar-refractivity contribution in [2.24, 2.45) is 5.73 Å². The van der Waals surface area contributed by atoms with Crippen LogP contribution < -0.4 is 15.9 Å². The van der Waals surface area contributed by atoms with Crippen LogP contribution in [0.5, 0.6) is 0 Å². The molecule has 9 heavy (non-hydrogen) atoms. The van der Waals surface area contributed by atoms with Gasteiger partial charge in [-0.05, 0) is 0 Å². The predicted molar refractivity (Wildman–Crippen MR) is 51.6 cm³/mol. The van der Waals surface area contributed by atoms with Crippen LogP contribution in [0.15, 0.2) is 0 Å². The standard InChI is InChI=1S/C2H8IN3OP2/c3-1(7)2(4,5-8)6-9/h5-6H,4,8-9H2. The maximum atomic E-state index is 10.6. The van der Waals surface area contributed by atoms with Gasteiger partial charge in [0.15, 0.2) is 5.79 Å². The number of nitrogens with two attached hydrogens (primary N) is 1. The van der Waals surface area contributed by atoms with E-state index in [1.165, 1.54) is 0 Å². The molecule has 0 bridgehead atoms. The molecule has 4 nitrogen and oxygen atoms in total. The number of hydrogen-bond acceptors (Lipinski definition) is 4. The number of carbonyl (C=O) groups is 1. The summed E-state index contributed by atoms with van der Waals surface area (Å²) in [5.74, 6) is -1.14. The topological polar surface area (TPSA) is 67.2 Å². The molecule has 0 radical (unpaired) electrons. The second-order valence-electron chi connectivity index (χ2n) is 1.37. The van der Waals surface area contributed by atoms with Crippen LogP contribution in [-0.2, 0) is 4.79 Å². The minimum absolute atomic E-state index is 0.204. The average Bonchev–Trinajstić information content (AvgIpc) is 1.86. The molecule has 2 unspecified atom stereocenters. The molecule has 0 rings (SSSR count). The third-order valence-electron chi connectivity index (χ3n) is 0.765. The number of carbonyl (C=O) groups excluding carboxylic acids is 1. The lowest BCUT2D eigenvalue weighted by Crippen LogP contribution is -2.61. The summed E-state index contributed by atoms with van der Waals surface area (Å²) < 4.78 is -0.204. The number of nitrogens with one attached hydrogen (secondary N) is 2. The molecule has 0 aliphatic heterocycles. The van der Waals surface area contributed by atoms with Crippen LogP contribution in [-0.4, -0.2) is 9.58 Å². The highest BCUT2D eigenvalue weighted by atomic mass is 127. The highest BCUT2D eigenvalue weighted by Crippen LogP contribution is 2.03. The van der Waals surface area contributed by atoms with Gasteiger partial charge in [-0.25, -0.2) is 0 Å². The van der Waals surface area contributed by atoms with E-state index < -0.39 is 5.79 Å². The minimum atomic E-state index is -1.14. The summed E-state index contributed by atoms with van der Waals surface area (Å²) in [5.41, 5.74) is 5.42. The Balaban J connectivity index is 4.09. The molecule has 0 amide bonds. The fourth-order valence-electron chi connectivity index (χ4n) is 0.155. The van der Waals surface area contributed by atoms with Gasteiger partial charge in [-0.2, -0.15) is 0 Å². The zero-order valence-corrected chi connectivity index (χ0v) is 8.99. The first-order chi connectivity index (χ1) is 4.06. The summed E-state index contributed by atoms with van der Waals surface area (Å²) in [7, 11) is 4.32. The molecule has 7 heteroatoms. The molecule has 4 N–H and O–H groups in total. The quantitative estimate of drug-likeness (QED) is 0.277. The van der Waals surface area contributed by atoms with Crippen molar-refractivity contribution in [1.29, 1.82) is 0 Å². The summed E-state index contributed by atoms with van der Waals surface area (Å²) in [6.45, 7) is 0. The molecule has 0 spiro atoms. The van der Waals surface area contributed by atoms with Gasteiger partial charge in [0.2, 0.25) is 3.79 Å². The lowest BCUT2D eigenvalue weighted by atomic mass is 10.5. The molecule has 0 aromatic rings. The normalized spacial score (nSPS) is 11.6. The molecule has 54 valence electrons. The zero-order valence-electron chi connectivity index (χ0n) is 4.52. The van der Waals surface area contributed by atoms with Gasteiger partial charge in [0, 0.05) is 22.6 Å². The highest BCUT2D eigenvalue weighted by molar-refractivity contribution is 14.1. The summed E-state index contributed by atoms with van der Waals surface area (Å²) in [4.78, 5) is 10.6. The van der Waals surface area contributed by atoms with Gasteiger partial charge >= 0.3 is 0 Å². The summed E-state index contributed by atoms with van der Waals surface area (Å²) in [6.07, 6.45) is 0. The van der Waals surface area contributed by atoms with Gasteiger partial charge < -0.3 is 0 Å². The van der Waals surface area contributed by atoms with Crippen LogP contribution >= 0.6 is 41.4 Å². The lowest BCUT2D eigenvalue weighted by molar-refractivity contribution is -0.114. The summed E-state index contributed by atoms with van der Waals surface area (Å²) >= 11 is 1.61. The Labute approximate surface area is 71.7 Å². The van der Waals surface area contributed by atoms with Crippen LogP contribution in [0.3, 0.4) is 0 Å². The van der Waals surface area contributed by atoms with E-state index in [9.17, 15) is 4.79 Å². The van der Waals surface area contributed by atoms with Crippen molar-refractivity contribution in [3.8, 4) is 0 Å². The van der Waals surface area contributed by atoms with E-state index in [1.807, 2.05) is 0 Å². The molecule has 0 saturated heterocycles. The van der Waals surface area contributed by atoms with Crippen LogP contribution in [0.4, 0.5) is 0 Å². The Morgan fingerprint density at radius 3 is 1.89 bits per heavy atom. The smallest absolute Gasteiger partial charge is 0.242 e. The van der Waals surface area contributed by atoms with Crippen LogP contribution in [0.1, 0.15) is 0 Å². The maximum absolute atomic E-state index is 10.6. The first kappa shape index (κ1) is 10.1. The van der Waals surface area contributed by atoms with E-state index in [0.29, 0.717) is 0 Å². The SMILES string of the molecule is NC(NP)(NP)C(=O)I. The van der Waals surface area contributed by atoms with E-state index in [4.69, 9.17) is 5.73 Å². The summed E-state index contributed by atoms with van der Waals surface area (Å²) in [6, 6.07) is 0. The van der Waals surface area contributed by atoms with Gasteiger partial charge in [-0.15, -0.1) is 0 Å². The lowest BCUT2D eigenvalue weighted by Gasteiger charge is -2.22. The largest absolute Gasteiger partial charge is 0.293 e. The second kappa shape index (κ2) is 4.11. The maximum Gasteiger partial charge on any atom is 0.242 e. The van der Waals surface area contributed by atoms with Gasteiger partial charge in [-0.1, -0.05) is 18.8 Å². The van der Waals surface area contributed by atoms with Gasteiger partial charge in [0.25, 0.3) is 0 Å². The molecule has 0 saturated carbocycles. The molecular weight excluding hydrogens is 271 g/mol. The van der Waals surface area contributed by atoms with Crippen LogP contribution in [0, 0.1) is 0 Å². The Morgan fingerprint density at radius 1 is 1.56 bits per heavy atom. The highest BCUT2D eigenvalue weighted by Gasteiger charge is 2.27. The molecule has 0 aliphatic rings. The molecule has 0 aliphatic carbocycles. The Kier molecular flexibility index (Phi) is 4.63. The van der Waals surface area contributed by atoms with Gasteiger partial charge in [0.1, 0.15) is 0 Å². The average molecular weight is 279 g/mol. The monoisotopic (exact) mass is 279 g/mol. The molecular formula is C2H8IN3OP2. The summed E-state index contributed by atoms with van der Waals surface area (Å²) in [5, 5.41) is 5.07. The van der Waals surface area contributed by atoms with Crippen molar-refractivity contribution in [2.45, 2.75) is 5.79 Å². The third kappa shape index (κ3) is 2.70. The predicted octanol–water partition coefficient (Wildman–Crippen LogP) is -0.680.